The molecule has 0 bridgehead atoms. The molecule has 1 amide bonds. The zero-order valence-electron chi connectivity index (χ0n) is 13.1. The molecular weight excluding hydrogens is 341 g/mol. The summed E-state index contributed by atoms with van der Waals surface area (Å²) in [6, 6.07) is 9.69. The summed E-state index contributed by atoms with van der Waals surface area (Å²) in [4.78, 5) is 29.8. The fourth-order valence-corrected chi connectivity index (χ4v) is 4.10. The van der Waals surface area contributed by atoms with Gasteiger partial charge in [0.1, 0.15) is 17.0 Å². The number of carbonyl (C=O) groups excluding carboxylic acids is 1. The van der Waals surface area contributed by atoms with Crippen LogP contribution in [-0.4, -0.2) is 21.0 Å². The Labute approximate surface area is 146 Å². The van der Waals surface area contributed by atoms with Gasteiger partial charge in [-0.1, -0.05) is 18.2 Å². The maximum Gasteiger partial charge on any atom is 0.270 e. The number of amides is 1. The van der Waals surface area contributed by atoms with Gasteiger partial charge in [0.15, 0.2) is 0 Å². The molecule has 1 aliphatic rings. The van der Waals surface area contributed by atoms with E-state index in [1.165, 1.54) is 28.4 Å². The highest BCUT2D eigenvalue weighted by molar-refractivity contribution is 7.99. The van der Waals surface area contributed by atoms with Gasteiger partial charge in [0, 0.05) is 23.0 Å². The lowest BCUT2D eigenvalue weighted by Crippen LogP contribution is -2.35. The lowest BCUT2D eigenvalue weighted by atomic mass is 10.0. The van der Waals surface area contributed by atoms with E-state index in [4.69, 9.17) is 0 Å². The molecule has 1 aromatic carbocycles. The third-order valence-electron chi connectivity index (χ3n) is 4.19. The Kier molecular flexibility index (Phi) is 4.01. The Morgan fingerprint density at radius 1 is 1.28 bits per heavy atom. The highest BCUT2D eigenvalue weighted by atomic mass is 32.2. The molecule has 3 heterocycles. The lowest BCUT2D eigenvalue weighted by molar-refractivity contribution is 0.0932. The summed E-state index contributed by atoms with van der Waals surface area (Å²) in [5, 5.41) is 2.85. The second-order valence-corrected chi connectivity index (χ2v) is 6.83. The van der Waals surface area contributed by atoms with E-state index in [-0.39, 0.29) is 17.4 Å². The first-order valence-electron chi connectivity index (χ1n) is 7.83. The maximum atomic E-state index is 13.9. The second kappa shape index (κ2) is 6.33. The van der Waals surface area contributed by atoms with Crippen LogP contribution in [0.25, 0.3) is 5.65 Å². The minimum atomic E-state index is -0.497. The van der Waals surface area contributed by atoms with Crippen molar-refractivity contribution in [1.82, 2.24) is 14.7 Å². The number of benzene rings is 1. The summed E-state index contributed by atoms with van der Waals surface area (Å²) in [5.74, 6) is -0.0786. The lowest BCUT2D eigenvalue weighted by Gasteiger charge is -2.26. The summed E-state index contributed by atoms with van der Waals surface area (Å²) in [6.45, 7) is 0. The van der Waals surface area contributed by atoms with Gasteiger partial charge in [-0.25, -0.2) is 9.37 Å². The van der Waals surface area contributed by atoms with Gasteiger partial charge in [-0.2, -0.15) is 0 Å². The van der Waals surface area contributed by atoms with Crippen LogP contribution in [0.5, 0.6) is 0 Å². The van der Waals surface area contributed by atoms with E-state index < -0.39 is 11.5 Å². The molecule has 0 fully saturated rings. The van der Waals surface area contributed by atoms with Crippen LogP contribution in [0.4, 0.5) is 4.39 Å². The highest BCUT2D eigenvalue weighted by Crippen LogP contribution is 2.37. The van der Waals surface area contributed by atoms with E-state index in [0.717, 1.165) is 5.56 Å². The second-order valence-electron chi connectivity index (χ2n) is 5.73. The predicted molar refractivity (Wildman–Crippen MR) is 93.4 cm³/mol. The van der Waals surface area contributed by atoms with E-state index >= 15 is 0 Å². The fourth-order valence-electron chi connectivity index (χ4n) is 2.95. The van der Waals surface area contributed by atoms with Gasteiger partial charge < -0.3 is 5.32 Å². The number of hydrogen-bond donors (Lipinski definition) is 1. The summed E-state index contributed by atoms with van der Waals surface area (Å²) >= 11 is 1.44. The molecule has 0 unspecified atom stereocenters. The number of fused-ring (bicyclic) bond motifs is 2. The number of aromatic nitrogens is 2. The normalized spacial score (nSPS) is 16.4. The molecule has 1 aliphatic heterocycles. The van der Waals surface area contributed by atoms with Gasteiger partial charge in [-0.15, -0.1) is 11.8 Å². The Bertz CT molecular complexity index is 1030. The van der Waals surface area contributed by atoms with Crippen LogP contribution in [0.1, 0.15) is 28.4 Å². The van der Waals surface area contributed by atoms with Gasteiger partial charge in [0.2, 0.25) is 0 Å². The van der Waals surface area contributed by atoms with Crippen molar-refractivity contribution in [2.75, 3.05) is 5.75 Å². The van der Waals surface area contributed by atoms with Crippen LogP contribution in [0.15, 0.2) is 58.5 Å². The molecule has 0 spiro atoms. The van der Waals surface area contributed by atoms with Crippen molar-refractivity contribution in [2.24, 2.45) is 0 Å². The van der Waals surface area contributed by atoms with Crippen LogP contribution >= 0.6 is 11.8 Å². The first-order chi connectivity index (χ1) is 12.1. The smallest absolute Gasteiger partial charge is 0.270 e. The van der Waals surface area contributed by atoms with Crippen molar-refractivity contribution < 1.29 is 9.18 Å². The van der Waals surface area contributed by atoms with E-state index in [2.05, 4.69) is 10.3 Å². The number of rotatable bonds is 2. The third kappa shape index (κ3) is 2.80. The summed E-state index contributed by atoms with van der Waals surface area (Å²) in [5.41, 5.74) is 0.775. The van der Waals surface area contributed by atoms with Crippen LogP contribution < -0.4 is 10.9 Å². The van der Waals surface area contributed by atoms with Crippen molar-refractivity contribution in [3.8, 4) is 0 Å². The molecule has 4 rings (SSSR count). The number of hydrogen-bond acceptors (Lipinski definition) is 4. The zero-order chi connectivity index (χ0) is 17.4. The van der Waals surface area contributed by atoms with Gasteiger partial charge >= 0.3 is 0 Å². The van der Waals surface area contributed by atoms with Gasteiger partial charge in [-0.3, -0.25) is 14.0 Å². The summed E-state index contributed by atoms with van der Waals surface area (Å²) in [6.07, 6.45) is 3.54. The topological polar surface area (TPSA) is 63.5 Å². The SMILES string of the molecule is O=C(N[C@H]1CCSc2c(F)cccc21)c1cnc2ccccn2c1=O. The molecule has 5 nitrogen and oxygen atoms in total. The Hall–Kier alpha value is -2.67. The summed E-state index contributed by atoms with van der Waals surface area (Å²) in [7, 11) is 0. The largest absolute Gasteiger partial charge is 0.345 e. The van der Waals surface area contributed by atoms with Crippen LogP contribution in [0, 0.1) is 5.82 Å². The quantitative estimate of drug-likeness (QED) is 0.768. The number of carbonyl (C=O) groups is 1. The molecule has 0 saturated heterocycles. The van der Waals surface area contributed by atoms with E-state index in [0.29, 0.717) is 22.7 Å². The molecule has 3 aromatic rings. The van der Waals surface area contributed by atoms with Gasteiger partial charge in [0.25, 0.3) is 11.5 Å². The number of nitrogens with zero attached hydrogens (tertiary/aromatic N) is 2. The monoisotopic (exact) mass is 355 g/mol. The molecular formula is C18H14FN3O2S. The van der Waals surface area contributed by atoms with E-state index in [1.807, 2.05) is 0 Å². The molecule has 126 valence electrons. The van der Waals surface area contributed by atoms with Crippen molar-refractivity contribution >= 4 is 23.3 Å². The van der Waals surface area contributed by atoms with Gasteiger partial charge in [0.05, 0.1) is 6.04 Å². The average Bonchev–Trinajstić information content (AvgIpc) is 2.63. The number of halogens is 1. The van der Waals surface area contributed by atoms with Gasteiger partial charge in [-0.05, 0) is 30.2 Å². The maximum absolute atomic E-state index is 13.9. The van der Waals surface area contributed by atoms with Crippen molar-refractivity contribution in [2.45, 2.75) is 17.4 Å². The van der Waals surface area contributed by atoms with Crippen LogP contribution in [0.2, 0.25) is 0 Å². The molecule has 0 radical (unpaired) electrons. The molecule has 7 heteroatoms. The molecule has 0 aliphatic carbocycles. The van der Waals surface area contributed by atoms with Crippen LogP contribution in [0.3, 0.4) is 0 Å². The minimum absolute atomic E-state index is 0.0279. The number of thioether (sulfide) groups is 1. The standard InChI is InChI=1S/C18H14FN3O2S/c19-13-5-3-4-11-14(7-9-25-16(11)13)21-17(23)12-10-20-15-6-1-2-8-22(15)18(12)24/h1-6,8,10,14H,7,9H2,(H,21,23)/t14-/m0/s1. The molecule has 0 saturated carbocycles. The number of pyridine rings is 1. The average molecular weight is 355 g/mol. The van der Waals surface area contributed by atoms with Crippen molar-refractivity contribution in [3.63, 3.8) is 0 Å². The molecule has 1 N–H and O–H groups in total. The highest BCUT2D eigenvalue weighted by Gasteiger charge is 2.25. The van der Waals surface area contributed by atoms with Crippen molar-refractivity contribution in [3.05, 3.63) is 76.1 Å². The minimum Gasteiger partial charge on any atom is -0.345 e. The predicted octanol–water partition coefficient (Wildman–Crippen LogP) is 2.80. The molecule has 1 atom stereocenters. The number of nitrogens with one attached hydrogen (secondary N) is 1. The van der Waals surface area contributed by atoms with Crippen molar-refractivity contribution in [1.29, 1.82) is 0 Å². The summed E-state index contributed by atoms with van der Waals surface area (Å²) < 4.78 is 15.3. The Morgan fingerprint density at radius 3 is 3.04 bits per heavy atom. The Morgan fingerprint density at radius 2 is 2.16 bits per heavy atom. The third-order valence-corrected chi connectivity index (χ3v) is 5.35. The fraction of sp³-hybridized carbons (Fsp3) is 0.167. The first kappa shape index (κ1) is 15.8. The van der Waals surface area contributed by atoms with E-state index in [9.17, 15) is 14.0 Å². The molecule has 2 aromatic heterocycles. The zero-order valence-corrected chi connectivity index (χ0v) is 13.9. The first-order valence-corrected chi connectivity index (χ1v) is 8.82. The van der Waals surface area contributed by atoms with E-state index in [1.54, 1.807) is 36.5 Å². The molecule has 25 heavy (non-hydrogen) atoms. The Balaban J connectivity index is 1.67. The van der Waals surface area contributed by atoms with Crippen LogP contribution in [-0.2, 0) is 0 Å².